The highest BCUT2D eigenvalue weighted by atomic mass is 16.2. The average Bonchev–Trinajstić information content (AvgIpc) is 2.73. The van der Waals surface area contributed by atoms with Gasteiger partial charge in [0.25, 0.3) is 0 Å². The van der Waals surface area contributed by atoms with E-state index in [1.165, 1.54) is 5.56 Å². The molecule has 0 aliphatic carbocycles. The van der Waals surface area contributed by atoms with Crippen molar-refractivity contribution in [3.05, 3.63) is 41.5 Å². The third kappa shape index (κ3) is 3.17. The number of rotatable bonds is 2. The summed E-state index contributed by atoms with van der Waals surface area (Å²) in [6, 6.07) is 8.22. The average molecular weight is 230 g/mol. The number of amides is 1. The van der Waals surface area contributed by atoms with E-state index in [9.17, 15) is 4.79 Å². The molecule has 0 aromatic heterocycles. The molecule has 1 amide bonds. The molecule has 1 fully saturated rings. The predicted octanol–water partition coefficient (Wildman–Crippen LogP) is 1.57. The Hall–Kier alpha value is -1.61. The van der Waals surface area contributed by atoms with E-state index < -0.39 is 0 Å². The van der Waals surface area contributed by atoms with Crippen LogP contribution >= 0.6 is 0 Å². The number of likely N-dealkylation sites (tertiary alicyclic amines) is 1. The van der Waals surface area contributed by atoms with Crippen molar-refractivity contribution in [3.63, 3.8) is 0 Å². The van der Waals surface area contributed by atoms with Gasteiger partial charge in [0.15, 0.2) is 0 Å². The predicted molar refractivity (Wildman–Crippen MR) is 69.4 cm³/mol. The standard InChI is InChI=1S/C14H18N2O/c1-11-3-2-4-12(9-11)5-6-14(17)16-8-7-13(15)10-16/h2-6,9,13H,7-8,10,15H2,1H3/t13-/m1/s1. The number of carbonyl (C=O) groups excluding carboxylic acids is 1. The molecular weight excluding hydrogens is 212 g/mol. The van der Waals surface area contributed by atoms with E-state index in [0.29, 0.717) is 6.54 Å². The first-order chi connectivity index (χ1) is 8.15. The van der Waals surface area contributed by atoms with Gasteiger partial charge in [0.2, 0.25) is 5.91 Å². The summed E-state index contributed by atoms with van der Waals surface area (Å²) in [5.74, 6) is 0.0551. The minimum absolute atomic E-state index is 0.0551. The lowest BCUT2D eigenvalue weighted by Gasteiger charge is -2.12. The second-order valence-corrected chi connectivity index (χ2v) is 4.58. The maximum absolute atomic E-state index is 11.8. The Labute approximate surface area is 102 Å². The number of aryl methyl sites for hydroxylation is 1. The van der Waals surface area contributed by atoms with Crippen LogP contribution in [0.4, 0.5) is 0 Å². The number of benzene rings is 1. The van der Waals surface area contributed by atoms with Crippen LogP contribution in [-0.4, -0.2) is 29.9 Å². The van der Waals surface area contributed by atoms with Crippen molar-refractivity contribution in [1.82, 2.24) is 4.90 Å². The molecule has 1 aliphatic rings. The van der Waals surface area contributed by atoms with Crippen LogP contribution in [0.2, 0.25) is 0 Å². The van der Waals surface area contributed by atoms with Gasteiger partial charge in [-0.25, -0.2) is 0 Å². The lowest BCUT2D eigenvalue weighted by molar-refractivity contribution is -0.124. The Bertz CT molecular complexity index is 440. The van der Waals surface area contributed by atoms with E-state index in [4.69, 9.17) is 5.73 Å². The van der Waals surface area contributed by atoms with Crippen LogP contribution in [0.15, 0.2) is 30.3 Å². The molecular formula is C14H18N2O. The van der Waals surface area contributed by atoms with E-state index >= 15 is 0 Å². The zero-order valence-electron chi connectivity index (χ0n) is 10.1. The topological polar surface area (TPSA) is 46.3 Å². The minimum atomic E-state index is 0.0551. The Morgan fingerprint density at radius 2 is 2.35 bits per heavy atom. The SMILES string of the molecule is Cc1cccc(C=CC(=O)N2CC[C@@H](N)C2)c1. The van der Waals surface area contributed by atoms with Gasteiger partial charge in [-0.15, -0.1) is 0 Å². The summed E-state index contributed by atoms with van der Waals surface area (Å²) in [4.78, 5) is 13.6. The second-order valence-electron chi connectivity index (χ2n) is 4.58. The van der Waals surface area contributed by atoms with Gasteiger partial charge in [0.1, 0.15) is 0 Å². The number of hydrogen-bond donors (Lipinski definition) is 1. The molecule has 0 unspecified atom stereocenters. The first-order valence-corrected chi connectivity index (χ1v) is 5.94. The summed E-state index contributed by atoms with van der Waals surface area (Å²) in [6.07, 6.45) is 4.40. The van der Waals surface area contributed by atoms with Crippen molar-refractivity contribution in [2.45, 2.75) is 19.4 Å². The van der Waals surface area contributed by atoms with Crippen LogP contribution in [0.25, 0.3) is 6.08 Å². The zero-order chi connectivity index (χ0) is 12.3. The van der Waals surface area contributed by atoms with E-state index in [0.717, 1.165) is 18.5 Å². The molecule has 1 aliphatic heterocycles. The van der Waals surface area contributed by atoms with Gasteiger partial charge in [0.05, 0.1) is 0 Å². The normalized spacial score (nSPS) is 20.1. The van der Waals surface area contributed by atoms with E-state index in [1.54, 1.807) is 11.0 Å². The third-order valence-electron chi connectivity index (χ3n) is 3.00. The maximum atomic E-state index is 11.8. The number of nitrogens with zero attached hydrogens (tertiary/aromatic N) is 1. The van der Waals surface area contributed by atoms with E-state index in [-0.39, 0.29) is 11.9 Å². The summed E-state index contributed by atoms with van der Waals surface area (Å²) >= 11 is 0. The molecule has 3 heteroatoms. The van der Waals surface area contributed by atoms with Crippen LogP contribution < -0.4 is 5.73 Å². The van der Waals surface area contributed by atoms with Gasteiger partial charge >= 0.3 is 0 Å². The molecule has 3 nitrogen and oxygen atoms in total. The summed E-state index contributed by atoms with van der Waals surface area (Å²) in [5, 5.41) is 0. The van der Waals surface area contributed by atoms with Gasteiger partial charge in [-0.05, 0) is 25.0 Å². The Kier molecular flexibility index (Phi) is 3.59. The van der Waals surface area contributed by atoms with Crippen molar-refractivity contribution < 1.29 is 4.79 Å². The molecule has 0 radical (unpaired) electrons. The molecule has 0 spiro atoms. The molecule has 1 saturated heterocycles. The van der Waals surface area contributed by atoms with Crippen LogP contribution in [-0.2, 0) is 4.79 Å². The summed E-state index contributed by atoms with van der Waals surface area (Å²) < 4.78 is 0. The summed E-state index contributed by atoms with van der Waals surface area (Å²) in [7, 11) is 0. The molecule has 0 bridgehead atoms. The van der Waals surface area contributed by atoms with Crippen molar-refractivity contribution in [2.24, 2.45) is 5.73 Å². The molecule has 2 rings (SSSR count). The van der Waals surface area contributed by atoms with Gasteiger partial charge in [-0.3, -0.25) is 4.79 Å². The maximum Gasteiger partial charge on any atom is 0.246 e. The van der Waals surface area contributed by atoms with E-state index in [2.05, 4.69) is 6.07 Å². The second kappa shape index (κ2) is 5.15. The highest BCUT2D eigenvalue weighted by molar-refractivity contribution is 5.92. The fourth-order valence-corrected chi connectivity index (χ4v) is 2.03. The molecule has 1 atom stereocenters. The quantitative estimate of drug-likeness (QED) is 0.784. The van der Waals surface area contributed by atoms with E-state index in [1.807, 2.05) is 31.2 Å². The number of hydrogen-bond acceptors (Lipinski definition) is 2. The van der Waals surface area contributed by atoms with Crippen molar-refractivity contribution in [1.29, 1.82) is 0 Å². The van der Waals surface area contributed by atoms with Crippen LogP contribution in [0.3, 0.4) is 0 Å². The fourth-order valence-electron chi connectivity index (χ4n) is 2.03. The smallest absolute Gasteiger partial charge is 0.246 e. The van der Waals surface area contributed by atoms with Crippen LogP contribution in [0.5, 0.6) is 0 Å². The van der Waals surface area contributed by atoms with Gasteiger partial charge in [-0.1, -0.05) is 29.8 Å². The fraction of sp³-hybridized carbons (Fsp3) is 0.357. The molecule has 1 heterocycles. The monoisotopic (exact) mass is 230 g/mol. The molecule has 1 aromatic rings. The molecule has 90 valence electrons. The molecule has 2 N–H and O–H groups in total. The summed E-state index contributed by atoms with van der Waals surface area (Å²) in [5.41, 5.74) is 8.03. The highest BCUT2D eigenvalue weighted by Crippen LogP contribution is 2.09. The highest BCUT2D eigenvalue weighted by Gasteiger charge is 2.21. The van der Waals surface area contributed by atoms with Crippen molar-refractivity contribution in [2.75, 3.05) is 13.1 Å². The van der Waals surface area contributed by atoms with Crippen molar-refractivity contribution >= 4 is 12.0 Å². The van der Waals surface area contributed by atoms with Crippen LogP contribution in [0.1, 0.15) is 17.5 Å². The van der Waals surface area contributed by atoms with Crippen molar-refractivity contribution in [3.8, 4) is 0 Å². The van der Waals surface area contributed by atoms with Gasteiger partial charge in [0, 0.05) is 25.2 Å². The lowest BCUT2D eigenvalue weighted by atomic mass is 10.1. The Morgan fingerprint density at radius 3 is 3.00 bits per heavy atom. The number of carbonyl (C=O) groups is 1. The first kappa shape index (κ1) is 11.9. The Morgan fingerprint density at radius 1 is 1.53 bits per heavy atom. The Balaban J connectivity index is 1.98. The molecule has 17 heavy (non-hydrogen) atoms. The lowest BCUT2D eigenvalue weighted by Crippen LogP contribution is -2.30. The minimum Gasteiger partial charge on any atom is -0.338 e. The first-order valence-electron chi connectivity index (χ1n) is 5.94. The van der Waals surface area contributed by atoms with Gasteiger partial charge < -0.3 is 10.6 Å². The van der Waals surface area contributed by atoms with Crippen LogP contribution in [0, 0.1) is 6.92 Å². The number of nitrogens with two attached hydrogens (primary N) is 1. The van der Waals surface area contributed by atoms with Gasteiger partial charge in [-0.2, -0.15) is 0 Å². The third-order valence-corrected chi connectivity index (χ3v) is 3.00. The summed E-state index contributed by atoms with van der Waals surface area (Å²) in [6.45, 7) is 3.49. The molecule has 0 saturated carbocycles. The molecule has 1 aromatic carbocycles. The largest absolute Gasteiger partial charge is 0.338 e. The zero-order valence-corrected chi connectivity index (χ0v) is 10.1.